The van der Waals surface area contributed by atoms with Crippen LogP contribution < -0.4 is 5.73 Å². The maximum absolute atomic E-state index is 5.65. The minimum Gasteiger partial charge on any atom is -0.374 e. The summed E-state index contributed by atoms with van der Waals surface area (Å²) in [5.74, 6) is 0. The van der Waals surface area contributed by atoms with Gasteiger partial charge in [-0.15, -0.1) is 10.2 Å². The van der Waals surface area contributed by atoms with Crippen molar-refractivity contribution < 1.29 is 0 Å². The van der Waals surface area contributed by atoms with Crippen LogP contribution in [-0.2, 0) is 5.41 Å². The van der Waals surface area contributed by atoms with Gasteiger partial charge in [0.1, 0.15) is 5.01 Å². The number of aromatic nitrogens is 2. The predicted octanol–water partition coefficient (Wildman–Crippen LogP) is 2.51. The van der Waals surface area contributed by atoms with Crippen molar-refractivity contribution in [2.24, 2.45) is 0 Å². The first-order chi connectivity index (χ1) is 7.71. The van der Waals surface area contributed by atoms with E-state index in [-0.39, 0.29) is 5.41 Å². The van der Waals surface area contributed by atoms with E-state index < -0.39 is 0 Å². The van der Waals surface area contributed by atoms with Gasteiger partial charge >= 0.3 is 0 Å². The van der Waals surface area contributed by atoms with Crippen LogP contribution in [0.15, 0.2) is 24.3 Å². The van der Waals surface area contributed by atoms with Crippen molar-refractivity contribution in [1.82, 2.24) is 10.2 Å². The Hall–Kier alpha value is -1.42. The molecule has 0 spiro atoms. The number of nitrogens with two attached hydrogens (primary N) is 1. The SMILES string of the molecule is Cc1ccc(C2(c3nnc(N)s3)CC2)cc1. The molecule has 82 valence electrons. The zero-order valence-electron chi connectivity index (χ0n) is 9.10. The molecule has 0 bridgehead atoms. The van der Waals surface area contributed by atoms with Crippen LogP contribution in [0.3, 0.4) is 0 Å². The molecule has 0 amide bonds. The Morgan fingerprint density at radius 2 is 1.88 bits per heavy atom. The third kappa shape index (κ3) is 1.41. The van der Waals surface area contributed by atoms with Crippen LogP contribution in [0.5, 0.6) is 0 Å². The summed E-state index contributed by atoms with van der Waals surface area (Å²) in [6, 6.07) is 8.69. The number of hydrogen-bond acceptors (Lipinski definition) is 4. The van der Waals surface area contributed by atoms with E-state index >= 15 is 0 Å². The standard InChI is InChI=1S/C12H13N3S/c1-8-2-4-9(5-3-8)12(6-7-12)10-14-15-11(13)16-10/h2-5H,6-7H2,1H3,(H2,13,15). The van der Waals surface area contributed by atoms with E-state index in [0.717, 1.165) is 17.8 Å². The van der Waals surface area contributed by atoms with Crippen LogP contribution in [-0.4, -0.2) is 10.2 Å². The molecule has 1 fully saturated rings. The monoisotopic (exact) mass is 231 g/mol. The van der Waals surface area contributed by atoms with Gasteiger partial charge in [-0.3, -0.25) is 0 Å². The van der Waals surface area contributed by atoms with Gasteiger partial charge in [0.05, 0.1) is 0 Å². The summed E-state index contributed by atoms with van der Waals surface area (Å²) in [5, 5.41) is 9.73. The van der Waals surface area contributed by atoms with E-state index in [1.165, 1.54) is 22.5 Å². The van der Waals surface area contributed by atoms with Crippen LogP contribution in [0.4, 0.5) is 5.13 Å². The van der Waals surface area contributed by atoms with E-state index in [4.69, 9.17) is 5.73 Å². The number of nitrogens with zero attached hydrogens (tertiary/aromatic N) is 2. The summed E-state index contributed by atoms with van der Waals surface area (Å²) >= 11 is 1.51. The molecular formula is C12H13N3S. The fourth-order valence-electron chi connectivity index (χ4n) is 2.05. The van der Waals surface area contributed by atoms with Gasteiger partial charge in [0.2, 0.25) is 5.13 Å². The Morgan fingerprint density at radius 1 is 1.19 bits per heavy atom. The molecule has 1 aromatic carbocycles. The molecule has 0 radical (unpaired) electrons. The summed E-state index contributed by atoms with van der Waals surface area (Å²) in [6.07, 6.45) is 2.31. The third-order valence-electron chi connectivity index (χ3n) is 3.20. The van der Waals surface area contributed by atoms with Gasteiger partial charge in [0, 0.05) is 5.41 Å². The fraction of sp³-hybridized carbons (Fsp3) is 0.333. The van der Waals surface area contributed by atoms with Crippen LogP contribution in [0, 0.1) is 6.92 Å². The van der Waals surface area contributed by atoms with Crippen molar-refractivity contribution >= 4 is 16.5 Å². The molecule has 16 heavy (non-hydrogen) atoms. The lowest BCUT2D eigenvalue weighted by atomic mass is 9.96. The molecule has 2 N–H and O–H groups in total. The molecule has 4 heteroatoms. The number of hydrogen-bond donors (Lipinski definition) is 1. The van der Waals surface area contributed by atoms with Gasteiger partial charge in [-0.25, -0.2) is 0 Å². The third-order valence-corrected chi connectivity index (χ3v) is 4.16. The molecule has 0 unspecified atom stereocenters. The first kappa shape index (κ1) is 9.78. The van der Waals surface area contributed by atoms with Crippen LogP contribution in [0.2, 0.25) is 0 Å². The maximum Gasteiger partial charge on any atom is 0.203 e. The fourth-order valence-corrected chi connectivity index (χ4v) is 2.93. The number of anilines is 1. The lowest BCUT2D eigenvalue weighted by Gasteiger charge is -2.11. The van der Waals surface area contributed by atoms with Gasteiger partial charge in [-0.05, 0) is 25.3 Å². The Labute approximate surface area is 98.3 Å². The zero-order chi connectivity index (χ0) is 11.2. The summed E-state index contributed by atoms with van der Waals surface area (Å²) < 4.78 is 0. The lowest BCUT2D eigenvalue weighted by molar-refractivity contribution is 0.807. The van der Waals surface area contributed by atoms with E-state index in [1.54, 1.807) is 0 Å². The van der Waals surface area contributed by atoms with Crippen molar-refractivity contribution in [3.05, 3.63) is 40.4 Å². The van der Waals surface area contributed by atoms with Crippen LogP contribution in [0.25, 0.3) is 0 Å². The van der Waals surface area contributed by atoms with Gasteiger partial charge in [0.15, 0.2) is 0 Å². The molecule has 3 rings (SSSR count). The molecule has 1 aliphatic carbocycles. The lowest BCUT2D eigenvalue weighted by Crippen LogP contribution is -2.08. The first-order valence-electron chi connectivity index (χ1n) is 5.37. The largest absolute Gasteiger partial charge is 0.374 e. The van der Waals surface area contributed by atoms with Gasteiger partial charge < -0.3 is 5.73 Å². The first-order valence-corrected chi connectivity index (χ1v) is 6.19. The molecule has 0 aliphatic heterocycles. The molecule has 0 atom stereocenters. The topological polar surface area (TPSA) is 51.8 Å². The van der Waals surface area contributed by atoms with Gasteiger partial charge in [-0.1, -0.05) is 41.2 Å². The minimum absolute atomic E-state index is 0.114. The molecule has 1 aliphatic rings. The Morgan fingerprint density at radius 3 is 2.38 bits per heavy atom. The molecule has 3 nitrogen and oxygen atoms in total. The van der Waals surface area contributed by atoms with Crippen LogP contribution >= 0.6 is 11.3 Å². The second-order valence-corrected chi connectivity index (χ2v) is 5.40. The summed E-state index contributed by atoms with van der Waals surface area (Å²) in [5.41, 5.74) is 8.39. The molecule has 1 aromatic heterocycles. The zero-order valence-corrected chi connectivity index (χ0v) is 9.92. The highest BCUT2D eigenvalue weighted by molar-refractivity contribution is 7.15. The maximum atomic E-state index is 5.65. The highest BCUT2D eigenvalue weighted by atomic mass is 32.1. The smallest absolute Gasteiger partial charge is 0.203 e. The number of rotatable bonds is 2. The Balaban J connectivity index is 2.03. The van der Waals surface area contributed by atoms with E-state index in [0.29, 0.717) is 5.13 Å². The van der Waals surface area contributed by atoms with E-state index in [1.807, 2.05) is 0 Å². The second kappa shape index (κ2) is 3.28. The van der Waals surface area contributed by atoms with Crippen molar-refractivity contribution in [3.8, 4) is 0 Å². The van der Waals surface area contributed by atoms with Crippen molar-refractivity contribution in [3.63, 3.8) is 0 Å². The quantitative estimate of drug-likeness (QED) is 0.864. The van der Waals surface area contributed by atoms with Crippen molar-refractivity contribution in [1.29, 1.82) is 0 Å². The normalized spacial score (nSPS) is 17.3. The summed E-state index contributed by atoms with van der Waals surface area (Å²) in [4.78, 5) is 0. The van der Waals surface area contributed by atoms with Crippen molar-refractivity contribution in [2.75, 3.05) is 5.73 Å². The van der Waals surface area contributed by atoms with Crippen LogP contribution in [0.1, 0.15) is 29.0 Å². The van der Waals surface area contributed by atoms with Gasteiger partial charge in [0.25, 0.3) is 0 Å². The Bertz CT molecular complexity index is 511. The molecular weight excluding hydrogens is 218 g/mol. The molecule has 0 saturated heterocycles. The average molecular weight is 231 g/mol. The molecule has 1 saturated carbocycles. The molecule has 1 heterocycles. The van der Waals surface area contributed by atoms with E-state index in [9.17, 15) is 0 Å². The predicted molar refractivity (Wildman–Crippen MR) is 65.5 cm³/mol. The number of benzene rings is 1. The highest BCUT2D eigenvalue weighted by Crippen LogP contribution is 2.54. The average Bonchev–Trinajstić information content (AvgIpc) is 2.97. The summed E-state index contributed by atoms with van der Waals surface area (Å²) in [7, 11) is 0. The van der Waals surface area contributed by atoms with E-state index in [2.05, 4.69) is 41.4 Å². The second-order valence-electron chi connectivity index (χ2n) is 4.39. The summed E-state index contributed by atoms with van der Waals surface area (Å²) in [6.45, 7) is 2.10. The highest BCUT2D eigenvalue weighted by Gasteiger charge is 2.48. The number of nitrogen functional groups attached to an aromatic ring is 1. The minimum atomic E-state index is 0.114. The van der Waals surface area contributed by atoms with Crippen molar-refractivity contribution in [2.45, 2.75) is 25.2 Å². The Kier molecular flexibility index (Phi) is 2.01. The number of aryl methyl sites for hydroxylation is 1. The molecule has 2 aromatic rings. The van der Waals surface area contributed by atoms with Gasteiger partial charge in [-0.2, -0.15) is 0 Å².